The first kappa shape index (κ1) is 18.7. The van der Waals surface area contributed by atoms with E-state index in [0.29, 0.717) is 35.8 Å². The van der Waals surface area contributed by atoms with Crippen LogP contribution in [0.3, 0.4) is 0 Å². The van der Waals surface area contributed by atoms with Gasteiger partial charge in [0.1, 0.15) is 5.82 Å². The third-order valence-electron chi connectivity index (χ3n) is 5.28. The van der Waals surface area contributed by atoms with Gasteiger partial charge in [-0.25, -0.2) is 4.39 Å². The van der Waals surface area contributed by atoms with Gasteiger partial charge in [0.2, 0.25) is 11.8 Å². The fourth-order valence-electron chi connectivity index (χ4n) is 3.81. The molecule has 2 aromatic carbocycles. The summed E-state index contributed by atoms with van der Waals surface area (Å²) in [6.45, 7) is 1.02. The number of nitrogens with one attached hydrogen (secondary N) is 1. The first-order valence-corrected chi connectivity index (χ1v) is 9.72. The standard InChI is InChI=1S/C22H20ClFN2O2/c23-18-4-7-20(8-5-18)25-21(27)15-2-1-9-26(13-15)22(28)17-10-14-3-6-19(24)12-16(14)11-17/h3-8,10,12,15H,1-2,9,11,13H2,(H,25,27). The largest absolute Gasteiger partial charge is 0.338 e. The number of benzene rings is 2. The van der Waals surface area contributed by atoms with Crippen LogP contribution in [-0.4, -0.2) is 29.8 Å². The van der Waals surface area contributed by atoms with Gasteiger partial charge in [-0.1, -0.05) is 17.7 Å². The van der Waals surface area contributed by atoms with Crippen molar-refractivity contribution in [2.24, 2.45) is 5.92 Å². The Balaban J connectivity index is 1.40. The molecular weight excluding hydrogens is 379 g/mol. The van der Waals surface area contributed by atoms with E-state index >= 15 is 0 Å². The van der Waals surface area contributed by atoms with E-state index in [4.69, 9.17) is 11.6 Å². The van der Waals surface area contributed by atoms with Gasteiger partial charge in [-0.05, 0) is 66.4 Å². The van der Waals surface area contributed by atoms with Gasteiger partial charge in [-0.3, -0.25) is 9.59 Å². The molecule has 4 rings (SSSR count). The number of hydrogen-bond acceptors (Lipinski definition) is 2. The van der Waals surface area contributed by atoms with Crippen LogP contribution in [0.25, 0.3) is 6.08 Å². The van der Waals surface area contributed by atoms with Gasteiger partial charge in [0, 0.05) is 35.8 Å². The lowest BCUT2D eigenvalue weighted by Crippen LogP contribution is -2.44. The van der Waals surface area contributed by atoms with E-state index in [1.54, 1.807) is 35.2 Å². The fraction of sp³-hybridized carbons (Fsp3) is 0.273. The predicted octanol–water partition coefficient (Wildman–Crippen LogP) is 4.30. The molecule has 2 aromatic rings. The lowest BCUT2D eigenvalue weighted by Gasteiger charge is -2.32. The summed E-state index contributed by atoms with van der Waals surface area (Å²) in [6, 6.07) is 11.5. The molecule has 0 bridgehead atoms. The Kier molecular flexibility index (Phi) is 5.18. The van der Waals surface area contributed by atoms with Crippen LogP contribution in [0.2, 0.25) is 5.02 Å². The molecule has 144 valence electrons. The summed E-state index contributed by atoms with van der Waals surface area (Å²) in [5.74, 6) is -0.709. The third-order valence-corrected chi connectivity index (χ3v) is 5.53. The molecule has 2 amide bonds. The van der Waals surface area contributed by atoms with Crippen LogP contribution in [-0.2, 0) is 16.0 Å². The first-order valence-electron chi connectivity index (χ1n) is 9.34. The molecule has 1 aliphatic heterocycles. The highest BCUT2D eigenvalue weighted by Gasteiger charge is 2.31. The average Bonchev–Trinajstić information content (AvgIpc) is 3.12. The average molecular weight is 399 g/mol. The van der Waals surface area contributed by atoms with Crippen molar-refractivity contribution < 1.29 is 14.0 Å². The smallest absolute Gasteiger partial charge is 0.250 e. The maximum absolute atomic E-state index is 13.4. The number of fused-ring (bicyclic) bond motifs is 1. The second-order valence-electron chi connectivity index (χ2n) is 7.28. The quantitative estimate of drug-likeness (QED) is 0.838. The van der Waals surface area contributed by atoms with Crippen molar-refractivity contribution in [2.45, 2.75) is 19.3 Å². The summed E-state index contributed by atoms with van der Waals surface area (Å²) in [5, 5.41) is 3.51. The molecule has 0 saturated carbocycles. The zero-order valence-electron chi connectivity index (χ0n) is 15.3. The number of halogens is 2. The van der Waals surface area contributed by atoms with Gasteiger partial charge in [0.25, 0.3) is 0 Å². The molecule has 1 aliphatic carbocycles. The molecule has 1 fully saturated rings. The van der Waals surface area contributed by atoms with Crippen LogP contribution in [0.5, 0.6) is 0 Å². The Labute approximate surface area is 168 Å². The van der Waals surface area contributed by atoms with Crippen molar-refractivity contribution >= 4 is 35.2 Å². The molecule has 4 nitrogen and oxygen atoms in total. The molecule has 6 heteroatoms. The normalized spacial score (nSPS) is 18.4. The minimum absolute atomic E-state index is 0.0689. The van der Waals surface area contributed by atoms with Crippen molar-refractivity contribution in [3.63, 3.8) is 0 Å². The van der Waals surface area contributed by atoms with Gasteiger partial charge < -0.3 is 10.2 Å². The Morgan fingerprint density at radius 2 is 1.93 bits per heavy atom. The highest BCUT2D eigenvalue weighted by Crippen LogP contribution is 2.28. The SMILES string of the molecule is O=C(Nc1ccc(Cl)cc1)C1CCCN(C(=O)C2=Cc3ccc(F)cc3C2)C1. The second-order valence-corrected chi connectivity index (χ2v) is 7.71. The Morgan fingerprint density at radius 1 is 1.14 bits per heavy atom. The summed E-state index contributed by atoms with van der Waals surface area (Å²) in [5.41, 5.74) is 3.06. The Bertz CT molecular complexity index is 956. The van der Waals surface area contributed by atoms with Crippen LogP contribution >= 0.6 is 11.6 Å². The molecule has 0 aromatic heterocycles. The molecule has 1 atom stereocenters. The Hall–Kier alpha value is -2.66. The van der Waals surface area contributed by atoms with Crippen molar-refractivity contribution in [1.29, 1.82) is 0 Å². The topological polar surface area (TPSA) is 49.4 Å². The van der Waals surface area contributed by atoms with Crippen molar-refractivity contribution in [1.82, 2.24) is 4.90 Å². The van der Waals surface area contributed by atoms with E-state index in [-0.39, 0.29) is 23.5 Å². The summed E-state index contributed by atoms with van der Waals surface area (Å²) in [4.78, 5) is 27.3. The van der Waals surface area contributed by atoms with Gasteiger partial charge in [-0.15, -0.1) is 0 Å². The lowest BCUT2D eigenvalue weighted by atomic mass is 9.96. The van der Waals surface area contributed by atoms with E-state index < -0.39 is 0 Å². The molecule has 0 radical (unpaired) electrons. The monoisotopic (exact) mass is 398 g/mol. The molecule has 1 N–H and O–H groups in total. The zero-order valence-corrected chi connectivity index (χ0v) is 16.0. The molecule has 28 heavy (non-hydrogen) atoms. The Morgan fingerprint density at radius 3 is 2.71 bits per heavy atom. The lowest BCUT2D eigenvalue weighted by molar-refractivity contribution is -0.131. The van der Waals surface area contributed by atoms with E-state index in [0.717, 1.165) is 24.0 Å². The van der Waals surface area contributed by atoms with Crippen molar-refractivity contribution in [3.05, 3.63) is 70.0 Å². The zero-order chi connectivity index (χ0) is 19.7. The fourth-order valence-corrected chi connectivity index (χ4v) is 3.93. The van der Waals surface area contributed by atoms with Crippen LogP contribution < -0.4 is 5.32 Å². The van der Waals surface area contributed by atoms with Crippen LogP contribution in [0.1, 0.15) is 24.0 Å². The van der Waals surface area contributed by atoms with Crippen molar-refractivity contribution in [2.75, 3.05) is 18.4 Å². The molecule has 1 saturated heterocycles. The minimum atomic E-state index is -0.294. The maximum Gasteiger partial charge on any atom is 0.250 e. The summed E-state index contributed by atoms with van der Waals surface area (Å²) < 4.78 is 13.4. The highest BCUT2D eigenvalue weighted by atomic mass is 35.5. The summed E-state index contributed by atoms with van der Waals surface area (Å²) in [7, 11) is 0. The minimum Gasteiger partial charge on any atom is -0.338 e. The maximum atomic E-state index is 13.4. The van der Waals surface area contributed by atoms with Crippen LogP contribution in [0.4, 0.5) is 10.1 Å². The summed E-state index contributed by atoms with van der Waals surface area (Å²) in [6.07, 6.45) is 3.78. The predicted molar refractivity (Wildman–Crippen MR) is 107 cm³/mol. The number of likely N-dealkylation sites (tertiary alicyclic amines) is 1. The summed E-state index contributed by atoms with van der Waals surface area (Å²) >= 11 is 5.87. The second kappa shape index (κ2) is 7.76. The van der Waals surface area contributed by atoms with Gasteiger partial charge in [0.05, 0.1) is 5.92 Å². The van der Waals surface area contributed by atoms with Gasteiger partial charge in [0.15, 0.2) is 0 Å². The van der Waals surface area contributed by atoms with E-state index in [2.05, 4.69) is 5.32 Å². The van der Waals surface area contributed by atoms with E-state index in [9.17, 15) is 14.0 Å². The molecule has 0 spiro atoms. The number of carbonyl (C=O) groups is 2. The molecule has 2 aliphatic rings. The van der Waals surface area contributed by atoms with E-state index in [1.165, 1.54) is 12.1 Å². The number of anilines is 1. The van der Waals surface area contributed by atoms with E-state index in [1.807, 2.05) is 6.08 Å². The number of piperidine rings is 1. The van der Waals surface area contributed by atoms with Gasteiger partial charge in [-0.2, -0.15) is 0 Å². The number of carbonyl (C=O) groups excluding carboxylic acids is 2. The number of amides is 2. The van der Waals surface area contributed by atoms with Gasteiger partial charge >= 0.3 is 0 Å². The molecule has 1 heterocycles. The number of rotatable bonds is 3. The van der Waals surface area contributed by atoms with Crippen LogP contribution in [0.15, 0.2) is 48.0 Å². The number of nitrogens with zero attached hydrogens (tertiary/aromatic N) is 1. The molecule has 1 unspecified atom stereocenters. The molecular formula is C22H20ClFN2O2. The van der Waals surface area contributed by atoms with Crippen LogP contribution in [0, 0.1) is 11.7 Å². The third kappa shape index (κ3) is 3.94. The highest BCUT2D eigenvalue weighted by molar-refractivity contribution is 6.30. The first-order chi connectivity index (χ1) is 13.5. The number of hydrogen-bond donors (Lipinski definition) is 1. The van der Waals surface area contributed by atoms with Crippen molar-refractivity contribution in [3.8, 4) is 0 Å².